The summed E-state index contributed by atoms with van der Waals surface area (Å²) in [5, 5.41) is 10.3. The van der Waals surface area contributed by atoms with Crippen molar-refractivity contribution < 1.29 is 18.3 Å². The highest BCUT2D eigenvalue weighted by Crippen LogP contribution is 2.39. The van der Waals surface area contributed by atoms with Crippen LogP contribution in [-0.4, -0.2) is 45.9 Å². The van der Waals surface area contributed by atoms with E-state index in [2.05, 4.69) is 15.5 Å². The van der Waals surface area contributed by atoms with Crippen molar-refractivity contribution in [2.75, 3.05) is 18.4 Å². The van der Waals surface area contributed by atoms with Crippen molar-refractivity contribution in [1.82, 2.24) is 15.1 Å². The summed E-state index contributed by atoms with van der Waals surface area (Å²) in [6, 6.07) is 1.37. The number of rotatable bonds is 3. The van der Waals surface area contributed by atoms with Gasteiger partial charge < -0.3 is 15.0 Å². The molecule has 2 aliphatic rings. The van der Waals surface area contributed by atoms with Crippen molar-refractivity contribution in [2.45, 2.75) is 51.7 Å². The Balaban J connectivity index is 1.56. The van der Waals surface area contributed by atoms with Gasteiger partial charge in [0.25, 0.3) is 6.43 Å². The molecule has 26 heavy (non-hydrogen) atoms. The molecule has 0 radical (unpaired) electrons. The number of hydrogen-bond acceptors (Lipinski definition) is 5. The number of nitrogens with one attached hydrogen (secondary N) is 1. The largest absolute Gasteiger partial charge is 0.444 e. The highest BCUT2D eigenvalue weighted by molar-refractivity contribution is 6.30. The van der Waals surface area contributed by atoms with Gasteiger partial charge in [-0.1, -0.05) is 11.6 Å². The van der Waals surface area contributed by atoms with Crippen LogP contribution in [0.25, 0.3) is 0 Å². The van der Waals surface area contributed by atoms with Gasteiger partial charge in [0.05, 0.1) is 5.56 Å². The lowest BCUT2D eigenvalue weighted by atomic mass is 10.0. The van der Waals surface area contributed by atoms with Crippen LogP contribution in [0.4, 0.5) is 19.4 Å². The molecule has 2 heterocycles. The Bertz CT molecular complexity index is 669. The SMILES string of the molecule is CC(C)(C)OC(=O)N1C[C@H]2CC(Nc3cc(C(F)F)c(Cl)nn3)C[C@H]2C1. The molecule has 1 aromatic rings. The number of alkyl halides is 2. The van der Waals surface area contributed by atoms with Crippen molar-refractivity contribution in [3.8, 4) is 0 Å². The van der Waals surface area contributed by atoms with E-state index in [0.29, 0.717) is 30.7 Å². The lowest BCUT2D eigenvalue weighted by Crippen LogP contribution is -2.36. The molecule has 1 aromatic heterocycles. The number of aromatic nitrogens is 2. The molecule has 0 spiro atoms. The van der Waals surface area contributed by atoms with Gasteiger partial charge in [0.1, 0.15) is 11.4 Å². The van der Waals surface area contributed by atoms with E-state index in [1.165, 1.54) is 6.07 Å². The van der Waals surface area contributed by atoms with Crippen molar-refractivity contribution in [1.29, 1.82) is 0 Å². The number of halogens is 3. The fourth-order valence-corrected chi connectivity index (χ4v) is 3.89. The molecule has 9 heteroatoms. The van der Waals surface area contributed by atoms with Gasteiger partial charge in [-0.05, 0) is 51.5 Å². The predicted molar refractivity (Wildman–Crippen MR) is 93.4 cm³/mol. The van der Waals surface area contributed by atoms with E-state index in [-0.39, 0.29) is 22.9 Å². The van der Waals surface area contributed by atoms with E-state index in [9.17, 15) is 13.6 Å². The van der Waals surface area contributed by atoms with Gasteiger partial charge in [0, 0.05) is 19.1 Å². The molecule has 1 unspecified atom stereocenters. The summed E-state index contributed by atoms with van der Waals surface area (Å²) < 4.78 is 31.3. The standard InChI is InChI=1S/C17H23ClF2N4O2/c1-17(2,3)26-16(25)24-7-9-4-11(5-10(9)8-24)21-13-6-12(15(19)20)14(18)23-22-13/h6,9-11,15H,4-5,7-8H2,1-3H3,(H,21,22)/t9-,10+,11?. The molecule has 1 amide bonds. The molecule has 144 valence electrons. The highest BCUT2D eigenvalue weighted by Gasteiger charge is 2.43. The molecule has 1 saturated carbocycles. The average molecular weight is 389 g/mol. The zero-order valence-electron chi connectivity index (χ0n) is 15.0. The van der Waals surface area contributed by atoms with E-state index < -0.39 is 12.0 Å². The summed E-state index contributed by atoms with van der Waals surface area (Å²) in [5.74, 6) is 1.04. The Kier molecular flexibility index (Phi) is 5.23. The minimum absolute atomic E-state index is 0.117. The number of carbonyl (C=O) groups is 1. The second-order valence-electron chi connectivity index (χ2n) is 7.99. The monoisotopic (exact) mass is 388 g/mol. The van der Waals surface area contributed by atoms with Gasteiger partial charge in [0.15, 0.2) is 5.15 Å². The summed E-state index contributed by atoms with van der Waals surface area (Å²) in [7, 11) is 0. The predicted octanol–water partition coefficient (Wildman–Crippen LogP) is 4.13. The molecular weight excluding hydrogens is 366 g/mol. The molecule has 3 atom stereocenters. The summed E-state index contributed by atoms with van der Waals surface area (Å²) in [6.07, 6.45) is -1.28. The molecule has 1 saturated heterocycles. The minimum Gasteiger partial charge on any atom is -0.444 e. The third-order valence-corrected chi connectivity index (χ3v) is 5.06. The summed E-state index contributed by atoms with van der Waals surface area (Å²) in [6.45, 7) is 6.87. The Morgan fingerprint density at radius 2 is 1.92 bits per heavy atom. The first kappa shape index (κ1) is 19.1. The summed E-state index contributed by atoms with van der Waals surface area (Å²) in [5.41, 5.74) is -0.826. The smallest absolute Gasteiger partial charge is 0.410 e. The topological polar surface area (TPSA) is 67.3 Å². The van der Waals surface area contributed by atoms with Gasteiger partial charge in [-0.25, -0.2) is 13.6 Å². The van der Waals surface area contributed by atoms with Crippen LogP contribution in [0.3, 0.4) is 0 Å². The Morgan fingerprint density at radius 1 is 1.31 bits per heavy atom. The van der Waals surface area contributed by atoms with E-state index in [1.807, 2.05) is 20.8 Å². The zero-order valence-corrected chi connectivity index (χ0v) is 15.8. The highest BCUT2D eigenvalue weighted by atomic mass is 35.5. The van der Waals surface area contributed by atoms with Gasteiger partial charge in [-0.15, -0.1) is 10.2 Å². The molecular formula is C17H23ClF2N4O2. The number of amides is 1. The maximum atomic E-state index is 12.9. The van der Waals surface area contributed by atoms with Crippen LogP contribution >= 0.6 is 11.6 Å². The van der Waals surface area contributed by atoms with Crippen LogP contribution in [0.2, 0.25) is 5.15 Å². The Hall–Kier alpha value is -1.70. The van der Waals surface area contributed by atoms with E-state index in [0.717, 1.165) is 12.8 Å². The molecule has 0 aromatic carbocycles. The molecule has 0 bridgehead atoms. The second-order valence-corrected chi connectivity index (χ2v) is 8.35. The van der Waals surface area contributed by atoms with E-state index in [1.54, 1.807) is 4.90 Å². The summed E-state index contributed by atoms with van der Waals surface area (Å²) >= 11 is 5.65. The number of ether oxygens (including phenoxy) is 1. The van der Waals surface area contributed by atoms with Crippen LogP contribution in [0.15, 0.2) is 6.07 Å². The van der Waals surface area contributed by atoms with Crippen molar-refractivity contribution in [3.63, 3.8) is 0 Å². The first-order valence-electron chi connectivity index (χ1n) is 8.68. The van der Waals surface area contributed by atoms with Gasteiger partial charge in [-0.2, -0.15) is 0 Å². The number of nitrogens with zero attached hydrogens (tertiary/aromatic N) is 3. The summed E-state index contributed by atoms with van der Waals surface area (Å²) in [4.78, 5) is 13.9. The van der Waals surface area contributed by atoms with Crippen LogP contribution in [0, 0.1) is 11.8 Å². The maximum absolute atomic E-state index is 12.9. The third-order valence-electron chi connectivity index (χ3n) is 4.77. The number of hydrogen-bond donors (Lipinski definition) is 1. The van der Waals surface area contributed by atoms with Crippen molar-refractivity contribution in [3.05, 3.63) is 16.8 Å². The number of likely N-dealkylation sites (tertiary alicyclic amines) is 1. The first-order valence-corrected chi connectivity index (χ1v) is 9.06. The van der Waals surface area contributed by atoms with Crippen LogP contribution in [0.5, 0.6) is 0 Å². The van der Waals surface area contributed by atoms with Crippen LogP contribution in [0.1, 0.15) is 45.6 Å². The Morgan fingerprint density at radius 3 is 2.46 bits per heavy atom. The normalized spacial score (nSPS) is 25.5. The van der Waals surface area contributed by atoms with Gasteiger partial charge >= 0.3 is 6.09 Å². The first-order chi connectivity index (χ1) is 12.1. The average Bonchev–Trinajstić information content (AvgIpc) is 3.05. The van der Waals surface area contributed by atoms with Crippen molar-refractivity contribution >= 4 is 23.5 Å². The zero-order chi connectivity index (χ0) is 19.1. The van der Waals surface area contributed by atoms with E-state index in [4.69, 9.17) is 16.3 Å². The van der Waals surface area contributed by atoms with Gasteiger partial charge in [0.2, 0.25) is 0 Å². The fourth-order valence-electron chi connectivity index (χ4n) is 3.72. The maximum Gasteiger partial charge on any atom is 0.410 e. The minimum atomic E-state index is -2.69. The molecule has 6 nitrogen and oxygen atoms in total. The molecule has 1 aliphatic carbocycles. The lowest BCUT2D eigenvalue weighted by molar-refractivity contribution is 0.0280. The molecule has 3 rings (SSSR count). The number of fused-ring (bicyclic) bond motifs is 1. The van der Waals surface area contributed by atoms with Crippen LogP contribution in [-0.2, 0) is 4.74 Å². The third kappa shape index (κ3) is 4.34. The molecule has 1 N–H and O–H groups in total. The molecule has 1 aliphatic heterocycles. The lowest BCUT2D eigenvalue weighted by Gasteiger charge is -2.25. The van der Waals surface area contributed by atoms with Gasteiger partial charge in [-0.3, -0.25) is 0 Å². The second kappa shape index (κ2) is 7.13. The number of carbonyl (C=O) groups excluding carboxylic acids is 1. The number of anilines is 1. The van der Waals surface area contributed by atoms with Crippen LogP contribution < -0.4 is 5.32 Å². The fraction of sp³-hybridized carbons (Fsp3) is 0.706. The quantitative estimate of drug-likeness (QED) is 0.843. The van der Waals surface area contributed by atoms with E-state index >= 15 is 0 Å². The molecule has 2 fully saturated rings. The Labute approximate surface area is 156 Å². The van der Waals surface area contributed by atoms with Crippen molar-refractivity contribution in [2.24, 2.45) is 11.8 Å².